The Labute approximate surface area is 67.7 Å². The van der Waals surface area contributed by atoms with Crippen molar-refractivity contribution in [1.82, 2.24) is 0 Å². The average molecular weight is 229 g/mol. The fraction of sp³-hybridized carbons (Fsp3) is 0. The largest absolute Gasteiger partial charge is 0.238 e. The molecule has 0 saturated carbocycles. The lowest BCUT2D eigenvalue weighted by molar-refractivity contribution is 1.66. The van der Waals surface area contributed by atoms with Gasteiger partial charge in [0.2, 0.25) is 0 Å². The molecular formula is C7H4IN. The molecule has 1 aromatic rings. The lowest BCUT2D eigenvalue weighted by atomic mass is 10.3. The van der Waals surface area contributed by atoms with Crippen molar-refractivity contribution in [3.63, 3.8) is 0 Å². The van der Waals surface area contributed by atoms with Crippen molar-refractivity contribution < 1.29 is 0 Å². The van der Waals surface area contributed by atoms with Crippen LogP contribution >= 0.6 is 22.6 Å². The molecule has 0 aliphatic rings. The topological polar surface area (TPSA) is 4.36 Å². The molecule has 1 aromatic carbocycles. The van der Waals surface area contributed by atoms with Gasteiger partial charge in [-0.3, -0.25) is 0 Å². The monoisotopic (exact) mass is 229 g/mol. The molecule has 0 radical (unpaired) electrons. The van der Waals surface area contributed by atoms with Crippen LogP contribution in [0.1, 0.15) is 0 Å². The molecule has 1 rings (SSSR count). The number of rotatable bonds is 0. The van der Waals surface area contributed by atoms with Crippen LogP contribution in [0.2, 0.25) is 0 Å². The van der Waals surface area contributed by atoms with Crippen molar-refractivity contribution in [3.8, 4) is 0 Å². The molecular weight excluding hydrogens is 225 g/mol. The van der Waals surface area contributed by atoms with Gasteiger partial charge in [0.05, 0.1) is 6.57 Å². The molecule has 0 N–H and O–H groups in total. The summed E-state index contributed by atoms with van der Waals surface area (Å²) in [5.74, 6) is 0. The number of halogens is 1. The predicted octanol–water partition coefficient (Wildman–Crippen LogP) is 2.84. The molecule has 0 atom stereocenters. The molecule has 0 aromatic heterocycles. The van der Waals surface area contributed by atoms with Crippen molar-refractivity contribution >= 4 is 28.3 Å². The zero-order valence-corrected chi connectivity index (χ0v) is 6.79. The Morgan fingerprint density at radius 3 is 2.22 bits per heavy atom. The molecule has 1 nitrogen and oxygen atoms in total. The quantitative estimate of drug-likeness (QED) is 0.476. The second-order valence-electron chi connectivity index (χ2n) is 1.59. The minimum atomic E-state index is 0.704. The number of benzene rings is 1. The third-order valence-corrected chi connectivity index (χ3v) is 1.67. The van der Waals surface area contributed by atoms with E-state index in [1.165, 1.54) is 3.57 Å². The molecule has 0 heterocycles. The Morgan fingerprint density at radius 1 is 1.22 bits per heavy atom. The maximum atomic E-state index is 6.64. The minimum absolute atomic E-state index is 0.704. The average Bonchev–Trinajstić information content (AvgIpc) is 1.90. The SMILES string of the molecule is [C-]#[N+]c1ccc(I)cc1. The third kappa shape index (κ3) is 1.68. The highest BCUT2D eigenvalue weighted by molar-refractivity contribution is 14.1. The van der Waals surface area contributed by atoms with E-state index >= 15 is 0 Å². The number of hydrogen-bond donors (Lipinski definition) is 0. The number of nitrogens with zero attached hydrogens (tertiary/aromatic N) is 1. The van der Waals surface area contributed by atoms with Crippen LogP contribution < -0.4 is 0 Å². The Morgan fingerprint density at radius 2 is 1.78 bits per heavy atom. The first-order chi connectivity index (χ1) is 4.33. The summed E-state index contributed by atoms with van der Waals surface area (Å²) in [4.78, 5) is 3.26. The Hall–Kier alpha value is -0.560. The van der Waals surface area contributed by atoms with E-state index in [1.54, 1.807) is 0 Å². The van der Waals surface area contributed by atoms with Crippen LogP contribution in [0.15, 0.2) is 24.3 Å². The van der Waals surface area contributed by atoms with Gasteiger partial charge in [-0.25, -0.2) is 4.85 Å². The fourth-order valence-corrected chi connectivity index (χ4v) is 0.875. The van der Waals surface area contributed by atoms with Crippen LogP contribution in [0.25, 0.3) is 4.85 Å². The van der Waals surface area contributed by atoms with Crippen molar-refractivity contribution in [2.45, 2.75) is 0 Å². The van der Waals surface area contributed by atoms with E-state index in [-0.39, 0.29) is 0 Å². The summed E-state index contributed by atoms with van der Waals surface area (Å²) in [5.41, 5.74) is 0.704. The standard InChI is InChI=1S/C7H4IN/c1-9-7-4-2-6(8)3-5-7/h2-5H. The Kier molecular flexibility index (Phi) is 2.06. The van der Waals surface area contributed by atoms with Gasteiger partial charge in [-0.05, 0) is 22.6 Å². The van der Waals surface area contributed by atoms with Gasteiger partial charge in [-0.2, -0.15) is 0 Å². The summed E-state index contributed by atoms with van der Waals surface area (Å²) in [6.07, 6.45) is 0. The summed E-state index contributed by atoms with van der Waals surface area (Å²) in [7, 11) is 0. The molecule has 0 unspecified atom stereocenters. The molecule has 0 saturated heterocycles. The van der Waals surface area contributed by atoms with Crippen molar-refractivity contribution in [2.75, 3.05) is 0 Å². The Balaban J connectivity index is 3.06. The maximum Gasteiger partial charge on any atom is 0.187 e. The number of hydrogen-bond acceptors (Lipinski definition) is 0. The van der Waals surface area contributed by atoms with Gasteiger partial charge in [0.1, 0.15) is 0 Å². The van der Waals surface area contributed by atoms with Gasteiger partial charge in [0.25, 0.3) is 0 Å². The van der Waals surface area contributed by atoms with E-state index in [2.05, 4.69) is 27.4 Å². The second-order valence-corrected chi connectivity index (χ2v) is 2.83. The molecule has 0 spiro atoms. The molecule has 0 bridgehead atoms. The predicted molar refractivity (Wildman–Crippen MR) is 45.4 cm³/mol. The van der Waals surface area contributed by atoms with Gasteiger partial charge in [-0.1, -0.05) is 24.3 Å². The lowest BCUT2D eigenvalue weighted by Crippen LogP contribution is -1.64. The molecule has 44 valence electrons. The van der Waals surface area contributed by atoms with Crippen LogP contribution in [0, 0.1) is 10.1 Å². The highest BCUT2D eigenvalue weighted by Gasteiger charge is 1.86. The molecule has 2 heteroatoms. The van der Waals surface area contributed by atoms with Gasteiger partial charge in [-0.15, -0.1) is 0 Å². The van der Waals surface area contributed by atoms with Crippen molar-refractivity contribution in [2.24, 2.45) is 0 Å². The summed E-state index contributed by atoms with van der Waals surface area (Å²) < 4.78 is 1.17. The molecule has 0 aliphatic heterocycles. The third-order valence-electron chi connectivity index (χ3n) is 0.956. The van der Waals surface area contributed by atoms with Gasteiger partial charge < -0.3 is 0 Å². The maximum absolute atomic E-state index is 6.64. The van der Waals surface area contributed by atoms with Gasteiger partial charge >= 0.3 is 0 Å². The Bertz CT molecular complexity index is 232. The van der Waals surface area contributed by atoms with E-state index < -0.39 is 0 Å². The van der Waals surface area contributed by atoms with Crippen LogP contribution in [-0.4, -0.2) is 0 Å². The summed E-state index contributed by atoms with van der Waals surface area (Å²) in [6, 6.07) is 7.48. The zero-order chi connectivity index (χ0) is 6.69. The normalized spacial score (nSPS) is 8.44. The lowest BCUT2D eigenvalue weighted by Gasteiger charge is -1.86. The van der Waals surface area contributed by atoms with Crippen LogP contribution in [0.5, 0.6) is 0 Å². The minimum Gasteiger partial charge on any atom is -0.238 e. The first kappa shape index (κ1) is 6.56. The summed E-state index contributed by atoms with van der Waals surface area (Å²) in [5, 5.41) is 0. The van der Waals surface area contributed by atoms with Gasteiger partial charge in [0.15, 0.2) is 5.69 Å². The van der Waals surface area contributed by atoms with E-state index in [1.807, 2.05) is 24.3 Å². The summed E-state index contributed by atoms with van der Waals surface area (Å²) >= 11 is 2.21. The van der Waals surface area contributed by atoms with Crippen LogP contribution in [0.4, 0.5) is 5.69 Å². The van der Waals surface area contributed by atoms with Crippen molar-refractivity contribution in [1.29, 1.82) is 0 Å². The fourth-order valence-electron chi connectivity index (χ4n) is 0.516. The molecule has 0 aliphatic carbocycles. The molecule has 9 heavy (non-hydrogen) atoms. The van der Waals surface area contributed by atoms with E-state index in [0.717, 1.165) is 0 Å². The van der Waals surface area contributed by atoms with Crippen molar-refractivity contribution in [3.05, 3.63) is 39.3 Å². The summed E-state index contributed by atoms with van der Waals surface area (Å²) in [6.45, 7) is 6.64. The highest BCUT2D eigenvalue weighted by atomic mass is 127. The smallest absolute Gasteiger partial charge is 0.187 e. The van der Waals surface area contributed by atoms with Crippen LogP contribution in [0.3, 0.4) is 0 Å². The first-order valence-corrected chi connectivity index (χ1v) is 3.54. The first-order valence-electron chi connectivity index (χ1n) is 2.46. The van der Waals surface area contributed by atoms with E-state index in [9.17, 15) is 0 Å². The van der Waals surface area contributed by atoms with Gasteiger partial charge in [0, 0.05) is 3.57 Å². The van der Waals surface area contributed by atoms with Crippen LogP contribution in [-0.2, 0) is 0 Å². The molecule has 0 amide bonds. The molecule has 0 fully saturated rings. The highest BCUT2D eigenvalue weighted by Crippen LogP contribution is 2.13. The second kappa shape index (κ2) is 2.83. The van der Waals surface area contributed by atoms with E-state index in [4.69, 9.17) is 6.57 Å². The zero-order valence-electron chi connectivity index (χ0n) is 4.63. The van der Waals surface area contributed by atoms with E-state index in [0.29, 0.717) is 5.69 Å².